The lowest BCUT2D eigenvalue weighted by Crippen LogP contribution is -2.02. The lowest BCUT2D eigenvalue weighted by molar-refractivity contribution is 0.493. The summed E-state index contributed by atoms with van der Waals surface area (Å²) < 4.78 is 12.3. The van der Waals surface area contributed by atoms with Gasteiger partial charge in [-0.05, 0) is 36.1 Å². The molecule has 0 saturated carbocycles. The zero-order chi connectivity index (χ0) is 8.48. The molecule has 0 aliphatic rings. The van der Waals surface area contributed by atoms with E-state index in [1.165, 1.54) is 12.1 Å². The number of hydrogen-bond donors (Lipinski definition) is 2. The zero-order valence-electron chi connectivity index (χ0n) is 5.44. The van der Waals surface area contributed by atoms with Crippen LogP contribution in [0.3, 0.4) is 0 Å². The third-order valence-electron chi connectivity index (χ3n) is 1.16. The van der Waals surface area contributed by atoms with Gasteiger partial charge in [-0.25, -0.2) is 4.39 Å². The Labute approximate surface area is 68.5 Å². The highest BCUT2D eigenvalue weighted by molar-refractivity contribution is 8.12. The molecule has 0 aliphatic heterocycles. The molecule has 0 heterocycles. The summed E-state index contributed by atoms with van der Waals surface area (Å²) in [5.74, 6) is -0.419. The highest BCUT2D eigenvalue weighted by Gasteiger charge is 2.10. The molecule has 0 amide bonds. The summed E-state index contributed by atoms with van der Waals surface area (Å²) in [5.41, 5.74) is 0. The van der Waals surface area contributed by atoms with Gasteiger partial charge in [0.05, 0.1) is 0 Å². The molecule has 0 atom stereocenters. The van der Waals surface area contributed by atoms with Crippen molar-refractivity contribution in [1.29, 1.82) is 0 Å². The summed E-state index contributed by atoms with van der Waals surface area (Å²) >= 11 is 4.39. The fourth-order valence-electron chi connectivity index (χ4n) is 0.635. The molecule has 0 aliphatic carbocycles. The van der Waals surface area contributed by atoms with E-state index in [4.69, 9.17) is 9.79 Å². The van der Waals surface area contributed by atoms with E-state index in [0.717, 1.165) is 12.1 Å². The Morgan fingerprint density at radius 1 is 1.18 bits per heavy atom. The molecule has 2 nitrogen and oxygen atoms in total. The van der Waals surface area contributed by atoms with Gasteiger partial charge in [0.15, 0.2) is 0 Å². The summed E-state index contributed by atoms with van der Waals surface area (Å²) in [6.07, 6.45) is 0. The van der Waals surface area contributed by atoms with Crippen LogP contribution in [0.5, 0.6) is 0 Å². The van der Waals surface area contributed by atoms with Crippen LogP contribution in [0.1, 0.15) is 0 Å². The Bertz CT molecular complexity index is 292. The first-order valence-corrected chi connectivity index (χ1v) is 5.52. The van der Waals surface area contributed by atoms with Crippen molar-refractivity contribution in [3.05, 3.63) is 30.1 Å². The zero-order valence-corrected chi connectivity index (χ0v) is 7.15. The molecule has 1 rings (SSSR count). The topological polar surface area (TPSA) is 40.5 Å². The lowest BCUT2D eigenvalue weighted by atomic mass is 10.4. The van der Waals surface area contributed by atoms with Gasteiger partial charge in [0.1, 0.15) is 5.82 Å². The quantitative estimate of drug-likeness (QED) is 0.645. The minimum atomic E-state index is -3.37. The van der Waals surface area contributed by atoms with Gasteiger partial charge in [-0.1, -0.05) is 0 Å². The standard InChI is InChI=1S/C6H6FO2PS/c7-5-1-3-6(4-2-5)10(8,9)11/h1-4H,(H2,8,9,11). The Kier molecular flexibility index (Phi) is 2.40. The van der Waals surface area contributed by atoms with Crippen LogP contribution in [0.2, 0.25) is 0 Å². The molecule has 0 fully saturated rings. The van der Waals surface area contributed by atoms with Crippen LogP contribution in [0.4, 0.5) is 4.39 Å². The summed E-state index contributed by atoms with van der Waals surface area (Å²) in [7, 11) is 0. The maximum atomic E-state index is 12.3. The van der Waals surface area contributed by atoms with Gasteiger partial charge in [-0.15, -0.1) is 0 Å². The molecule has 11 heavy (non-hydrogen) atoms. The van der Waals surface area contributed by atoms with Crippen molar-refractivity contribution in [2.75, 3.05) is 0 Å². The number of halogens is 1. The Balaban J connectivity index is 3.09. The molecule has 0 saturated heterocycles. The largest absolute Gasteiger partial charge is 0.342 e. The fraction of sp³-hybridized carbons (Fsp3) is 0. The van der Waals surface area contributed by atoms with E-state index in [0.29, 0.717) is 0 Å². The molecule has 0 radical (unpaired) electrons. The average molecular weight is 192 g/mol. The highest BCUT2D eigenvalue weighted by atomic mass is 32.5. The van der Waals surface area contributed by atoms with Gasteiger partial charge in [0.25, 0.3) is 0 Å². The van der Waals surface area contributed by atoms with E-state index in [1.54, 1.807) is 0 Å². The summed E-state index contributed by atoms with van der Waals surface area (Å²) in [6, 6.07) is 4.83. The SMILES string of the molecule is OP(O)(=S)c1ccc(F)cc1. The third kappa shape index (κ3) is 2.34. The van der Waals surface area contributed by atoms with Crippen molar-refractivity contribution in [2.45, 2.75) is 0 Å². The van der Waals surface area contributed by atoms with Crippen molar-refractivity contribution < 1.29 is 14.2 Å². The van der Waals surface area contributed by atoms with E-state index >= 15 is 0 Å². The van der Waals surface area contributed by atoms with Crippen molar-refractivity contribution >= 4 is 23.6 Å². The maximum absolute atomic E-state index is 12.3. The second-order valence-corrected chi connectivity index (χ2v) is 5.15. The van der Waals surface area contributed by atoms with Crippen molar-refractivity contribution in [2.24, 2.45) is 0 Å². The molecule has 1 aromatic carbocycles. The first-order chi connectivity index (χ1) is 5.00. The average Bonchev–Trinajstić information content (AvgIpc) is 1.86. The van der Waals surface area contributed by atoms with Crippen LogP contribution >= 0.6 is 6.49 Å². The van der Waals surface area contributed by atoms with Gasteiger partial charge < -0.3 is 9.79 Å². The molecule has 5 heteroatoms. The van der Waals surface area contributed by atoms with Crippen LogP contribution in [-0.2, 0) is 11.8 Å². The predicted molar refractivity (Wildman–Crippen MR) is 44.8 cm³/mol. The molecule has 0 aromatic heterocycles. The molecule has 0 spiro atoms. The molecular formula is C6H6FO2PS. The van der Waals surface area contributed by atoms with Crippen molar-refractivity contribution in [3.8, 4) is 0 Å². The van der Waals surface area contributed by atoms with E-state index in [1.807, 2.05) is 0 Å². The van der Waals surface area contributed by atoms with E-state index < -0.39 is 12.3 Å². The fourth-order valence-corrected chi connectivity index (χ4v) is 1.54. The predicted octanol–water partition coefficient (Wildman–Crippen LogP) is 0.745. The lowest BCUT2D eigenvalue weighted by Gasteiger charge is -2.05. The molecule has 60 valence electrons. The Hall–Kier alpha value is -0.280. The smallest absolute Gasteiger partial charge is 0.214 e. The second kappa shape index (κ2) is 2.99. The number of rotatable bonds is 1. The first-order valence-electron chi connectivity index (χ1n) is 2.82. The van der Waals surface area contributed by atoms with Gasteiger partial charge in [0, 0.05) is 5.30 Å². The molecule has 0 unspecified atom stereocenters. The second-order valence-electron chi connectivity index (χ2n) is 2.02. The van der Waals surface area contributed by atoms with Gasteiger partial charge in [0.2, 0.25) is 6.49 Å². The minimum Gasteiger partial charge on any atom is -0.342 e. The molecule has 0 bridgehead atoms. The van der Waals surface area contributed by atoms with Crippen LogP contribution in [0.25, 0.3) is 0 Å². The number of benzene rings is 1. The summed E-state index contributed by atoms with van der Waals surface area (Å²) in [6.45, 7) is -3.37. The van der Waals surface area contributed by atoms with Crippen molar-refractivity contribution in [3.63, 3.8) is 0 Å². The van der Waals surface area contributed by atoms with E-state index in [2.05, 4.69) is 11.8 Å². The van der Waals surface area contributed by atoms with Crippen LogP contribution in [-0.4, -0.2) is 9.79 Å². The molecular weight excluding hydrogens is 186 g/mol. The van der Waals surface area contributed by atoms with Gasteiger partial charge in [-0.3, -0.25) is 0 Å². The molecule has 2 N–H and O–H groups in total. The maximum Gasteiger partial charge on any atom is 0.214 e. The van der Waals surface area contributed by atoms with Gasteiger partial charge >= 0.3 is 0 Å². The Morgan fingerprint density at radius 2 is 1.64 bits per heavy atom. The van der Waals surface area contributed by atoms with Crippen LogP contribution < -0.4 is 5.30 Å². The molecule has 1 aromatic rings. The van der Waals surface area contributed by atoms with Gasteiger partial charge in [-0.2, -0.15) is 0 Å². The monoisotopic (exact) mass is 192 g/mol. The van der Waals surface area contributed by atoms with Crippen molar-refractivity contribution in [1.82, 2.24) is 0 Å². The number of hydrogen-bond acceptors (Lipinski definition) is 1. The summed E-state index contributed by atoms with van der Waals surface area (Å²) in [5, 5.41) is 0.203. The van der Waals surface area contributed by atoms with E-state index in [-0.39, 0.29) is 5.30 Å². The minimum absolute atomic E-state index is 0.203. The first kappa shape index (κ1) is 8.81. The Morgan fingerprint density at radius 3 is 2.00 bits per heavy atom. The summed E-state index contributed by atoms with van der Waals surface area (Å²) in [4.78, 5) is 17.9. The third-order valence-corrected chi connectivity index (χ3v) is 2.77. The normalized spacial score (nSPS) is 11.5. The van der Waals surface area contributed by atoms with Crippen LogP contribution in [0.15, 0.2) is 24.3 Å². The highest BCUT2D eigenvalue weighted by Crippen LogP contribution is 2.33. The van der Waals surface area contributed by atoms with E-state index in [9.17, 15) is 4.39 Å². The van der Waals surface area contributed by atoms with Crippen LogP contribution in [0, 0.1) is 5.82 Å².